The summed E-state index contributed by atoms with van der Waals surface area (Å²) in [6.45, 7) is 1.93. The number of halogens is 2. The number of benzene rings is 1. The minimum Gasteiger partial charge on any atom is -0.382 e. The molecule has 1 fully saturated rings. The Bertz CT molecular complexity index is 598. The summed E-state index contributed by atoms with van der Waals surface area (Å²) in [5.41, 5.74) is 0.840. The molecule has 5 heteroatoms. The van der Waals surface area contributed by atoms with Crippen molar-refractivity contribution in [2.75, 3.05) is 23.3 Å². The van der Waals surface area contributed by atoms with Crippen molar-refractivity contribution in [2.24, 2.45) is 0 Å². The van der Waals surface area contributed by atoms with Crippen LogP contribution in [0.3, 0.4) is 0 Å². The van der Waals surface area contributed by atoms with Crippen molar-refractivity contribution in [3.05, 3.63) is 52.9 Å². The Hall–Kier alpha value is -1.62. The zero-order chi connectivity index (χ0) is 14.7. The van der Waals surface area contributed by atoms with Crippen LogP contribution in [0.25, 0.3) is 0 Å². The van der Waals surface area contributed by atoms with Gasteiger partial charge in [0.25, 0.3) is 0 Å². The number of piperidine rings is 1. The summed E-state index contributed by atoms with van der Waals surface area (Å²) in [6, 6.07) is 11.5. The van der Waals surface area contributed by atoms with Crippen LogP contribution in [-0.4, -0.2) is 24.1 Å². The van der Waals surface area contributed by atoms with Gasteiger partial charge in [-0.05, 0) is 59.1 Å². The van der Waals surface area contributed by atoms with Crippen LogP contribution in [0.4, 0.5) is 15.9 Å². The van der Waals surface area contributed by atoms with Gasteiger partial charge in [0.2, 0.25) is 0 Å². The number of aromatic nitrogens is 1. The normalized spacial score (nSPS) is 16.0. The summed E-state index contributed by atoms with van der Waals surface area (Å²) in [7, 11) is 0. The average Bonchev–Trinajstić information content (AvgIpc) is 2.53. The lowest BCUT2D eigenvalue weighted by Gasteiger charge is -2.33. The summed E-state index contributed by atoms with van der Waals surface area (Å²) < 4.78 is 14.0. The van der Waals surface area contributed by atoms with Crippen LogP contribution in [-0.2, 0) is 0 Å². The van der Waals surface area contributed by atoms with Crippen LogP contribution in [0.1, 0.15) is 12.8 Å². The van der Waals surface area contributed by atoms with E-state index in [0.29, 0.717) is 10.5 Å². The van der Waals surface area contributed by atoms with Gasteiger partial charge in [-0.2, -0.15) is 0 Å². The lowest BCUT2D eigenvalue weighted by Crippen LogP contribution is -2.39. The van der Waals surface area contributed by atoms with Crippen LogP contribution in [0.5, 0.6) is 0 Å². The molecule has 0 aliphatic carbocycles. The molecule has 0 radical (unpaired) electrons. The van der Waals surface area contributed by atoms with Crippen molar-refractivity contribution in [3.8, 4) is 0 Å². The predicted molar refractivity (Wildman–Crippen MR) is 87.2 cm³/mol. The van der Waals surface area contributed by atoms with E-state index < -0.39 is 0 Å². The third kappa shape index (κ3) is 3.53. The number of anilines is 2. The third-order valence-electron chi connectivity index (χ3n) is 3.76. The highest BCUT2D eigenvalue weighted by Crippen LogP contribution is 2.23. The molecule has 21 heavy (non-hydrogen) atoms. The molecular formula is C16H17BrFN3. The highest BCUT2D eigenvalue weighted by Gasteiger charge is 2.20. The van der Waals surface area contributed by atoms with Gasteiger partial charge >= 0.3 is 0 Å². The number of hydrogen-bond acceptors (Lipinski definition) is 3. The van der Waals surface area contributed by atoms with E-state index in [1.54, 1.807) is 6.07 Å². The maximum atomic E-state index is 13.5. The van der Waals surface area contributed by atoms with Crippen molar-refractivity contribution in [3.63, 3.8) is 0 Å². The van der Waals surface area contributed by atoms with Gasteiger partial charge in [-0.3, -0.25) is 0 Å². The van der Waals surface area contributed by atoms with Gasteiger partial charge in [-0.15, -0.1) is 0 Å². The fourth-order valence-corrected chi connectivity index (χ4v) is 2.86. The highest BCUT2D eigenvalue weighted by atomic mass is 79.9. The lowest BCUT2D eigenvalue weighted by molar-refractivity contribution is 0.523. The van der Waals surface area contributed by atoms with Gasteiger partial charge in [0, 0.05) is 31.0 Å². The standard InChI is InChI=1S/C16H17BrFN3/c17-14-5-4-13(11-15(14)18)20-12-6-9-21(10-7-12)16-3-1-2-8-19-16/h1-5,8,11-12,20H,6-7,9-10H2. The maximum Gasteiger partial charge on any atom is 0.139 e. The minimum atomic E-state index is -0.231. The largest absolute Gasteiger partial charge is 0.382 e. The second-order valence-corrected chi connectivity index (χ2v) is 6.08. The van der Waals surface area contributed by atoms with Crippen molar-refractivity contribution in [1.29, 1.82) is 0 Å². The topological polar surface area (TPSA) is 28.2 Å². The second kappa shape index (κ2) is 6.43. The fraction of sp³-hybridized carbons (Fsp3) is 0.312. The minimum absolute atomic E-state index is 0.231. The van der Waals surface area contributed by atoms with Crippen LogP contribution < -0.4 is 10.2 Å². The smallest absolute Gasteiger partial charge is 0.139 e. The number of rotatable bonds is 3. The molecule has 1 aromatic carbocycles. The summed E-state index contributed by atoms with van der Waals surface area (Å²) >= 11 is 3.17. The van der Waals surface area contributed by atoms with Crippen molar-refractivity contribution in [1.82, 2.24) is 4.98 Å². The average molecular weight is 350 g/mol. The Morgan fingerprint density at radius 2 is 2.00 bits per heavy atom. The molecule has 110 valence electrons. The molecule has 2 aromatic rings. The fourth-order valence-electron chi connectivity index (χ4n) is 2.62. The van der Waals surface area contributed by atoms with Crippen LogP contribution in [0.15, 0.2) is 47.1 Å². The molecule has 0 saturated carbocycles. The maximum absolute atomic E-state index is 13.5. The van der Waals surface area contributed by atoms with Gasteiger partial charge in [0.05, 0.1) is 4.47 Å². The van der Waals surface area contributed by atoms with E-state index in [-0.39, 0.29) is 5.82 Å². The molecule has 1 N–H and O–H groups in total. The monoisotopic (exact) mass is 349 g/mol. The summed E-state index contributed by atoms with van der Waals surface area (Å²) in [5, 5.41) is 3.41. The highest BCUT2D eigenvalue weighted by molar-refractivity contribution is 9.10. The van der Waals surface area contributed by atoms with Crippen molar-refractivity contribution in [2.45, 2.75) is 18.9 Å². The number of nitrogens with one attached hydrogen (secondary N) is 1. The van der Waals surface area contributed by atoms with Crippen LogP contribution in [0, 0.1) is 5.82 Å². The van der Waals surface area contributed by atoms with Gasteiger partial charge < -0.3 is 10.2 Å². The Kier molecular flexibility index (Phi) is 4.39. The van der Waals surface area contributed by atoms with E-state index in [1.165, 1.54) is 6.07 Å². The molecule has 1 aliphatic rings. The van der Waals surface area contributed by atoms with E-state index >= 15 is 0 Å². The molecule has 1 aromatic heterocycles. The van der Waals surface area contributed by atoms with E-state index in [4.69, 9.17) is 0 Å². The summed E-state index contributed by atoms with van der Waals surface area (Å²) in [6.07, 6.45) is 3.87. The molecule has 0 amide bonds. The predicted octanol–water partition coefficient (Wildman–Crippen LogP) is 4.06. The quantitative estimate of drug-likeness (QED) is 0.905. The van der Waals surface area contributed by atoms with Crippen LogP contribution >= 0.6 is 15.9 Å². The molecule has 1 aliphatic heterocycles. The molecule has 3 nitrogen and oxygen atoms in total. The number of nitrogens with zero attached hydrogens (tertiary/aromatic N) is 2. The van der Waals surface area contributed by atoms with E-state index in [0.717, 1.165) is 37.4 Å². The molecule has 2 heterocycles. The molecule has 0 spiro atoms. The molecule has 0 unspecified atom stereocenters. The van der Waals surface area contributed by atoms with Crippen LogP contribution in [0.2, 0.25) is 0 Å². The molecule has 1 saturated heterocycles. The molecule has 3 rings (SSSR count). The van der Waals surface area contributed by atoms with E-state index in [9.17, 15) is 4.39 Å². The van der Waals surface area contributed by atoms with Crippen molar-refractivity contribution < 1.29 is 4.39 Å². The number of hydrogen-bond donors (Lipinski definition) is 1. The first-order valence-corrected chi connectivity index (χ1v) is 7.89. The van der Waals surface area contributed by atoms with E-state index in [1.807, 2.05) is 30.5 Å². The molecule has 0 bridgehead atoms. The Labute approximate surface area is 132 Å². The zero-order valence-electron chi connectivity index (χ0n) is 11.6. The third-order valence-corrected chi connectivity index (χ3v) is 4.40. The Morgan fingerprint density at radius 3 is 2.67 bits per heavy atom. The first-order chi connectivity index (χ1) is 10.2. The first kappa shape index (κ1) is 14.3. The second-order valence-electron chi connectivity index (χ2n) is 5.22. The Morgan fingerprint density at radius 1 is 1.19 bits per heavy atom. The van der Waals surface area contributed by atoms with Gasteiger partial charge in [-0.1, -0.05) is 6.07 Å². The number of pyridine rings is 1. The van der Waals surface area contributed by atoms with Crippen molar-refractivity contribution >= 4 is 27.4 Å². The SMILES string of the molecule is Fc1cc(NC2CCN(c3ccccn3)CC2)ccc1Br. The van der Waals surface area contributed by atoms with Gasteiger partial charge in [0.1, 0.15) is 11.6 Å². The lowest BCUT2D eigenvalue weighted by atomic mass is 10.0. The van der Waals surface area contributed by atoms with Gasteiger partial charge in [0.15, 0.2) is 0 Å². The Balaban J connectivity index is 1.57. The zero-order valence-corrected chi connectivity index (χ0v) is 13.2. The first-order valence-electron chi connectivity index (χ1n) is 7.10. The molecule has 0 atom stereocenters. The summed E-state index contributed by atoms with van der Waals surface area (Å²) in [4.78, 5) is 6.68. The summed E-state index contributed by atoms with van der Waals surface area (Å²) in [5.74, 6) is 0.802. The van der Waals surface area contributed by atoms with Gasteiger partial charge in [-0.25, -0.2) is 9.37 Å². The van der Waals surface area contributed by atoms with E-state index in [2.05, 4.69) is 31.1 Å². The molecular weight excluding hydrogens is 333 g/mol.